The van der Waals surface area contributed by atoms with Gasteiger partial charge in [-0.05, 0) is 43.7 Å². The summed E-state index contributed by atoms with van der Waals surface area (Å²) >= 11 is 0. The van der Waals surface area contributed by atoms with Crippen LogP contribution in [0.25, 0.3) is 28.0 Å². The molecule has 12 nitrogen and oxygen atoms in total. The van der Waals surface area contributed by atoms with Crippen molar-refractivity contribution in [3.05, 3.63) is 82.4 Å². The lowest BCUT2D eigenvalue weighted by Gasteiger charge is -2.40. The number of piperazine rings is 1. The largest absolute Gasteiger partial charge is 0.379 e. The second-order valence-electron chi connectivity index (χ2n) is 11.9. The minimum absolute atomic E-state index is 0.0834. The summed E-state index contributed by atoms with van der Waals surface area (Å²) in [5.74, 6) is -1.62. The van der Waals surface area contributed by atoms with Gasteiger partial charge in [-0.2, -0.15) is 4.98 Å². The van der Waals surface area contributed by atoms with E-state index >= 15 is 4.39 Å². The number of aryl methyl sites for hydroxylation is 1. The monoisotopic (exact) mass is 679 g/mol. The smallest absolute Gasteiger partial charge is 0.355 e. The van der Waals surface area contributed by atoms with E-state index in [0.29, 0.717) is 38.4 Å². The van der Waals surface area contributed by atoms with E-state index in [4.69, 9.17) is 4.74 Å². The summed E-state index contributed by atoms with van der Waals surface area (Å²) < 4.78 is 62.8. The maximum absolute atomic E-state index is 15.9. The van der Waals surface area contributed by atoms with Gasteiger partial charge in [-0.15, -0.1) is 0 Å². The van der Waals surface area contributed by atoms with Crippen LogP contribution in [-0.4, -0.2) is 108 Å². The number of amides is 1. The van der Waals surface area contributed by atoms with Crippen LogP contribution in [0.15, 0.2) is 64.6 Å². The Balaban J connectivity index is 1.43. The number of carbonyl (C=O) groups is 1. The van der Waals surface area contributed by atoms with Crippen molar-refractivity contribution in [2.24, 2.45) is 0 Å². The van der Waals surface area contributed by atoms with Gasteiger partial charge >= 0.3 is 5.69 Å². The van der Waals surface area contributed by atoms with Crippen molar-refractivity contribution in [3.63, 3.8) is 0 Å². The fraction of sp³-hybridized carbons (Fsp3) is 0.364. The Kier molecular flexibility index (Phi) is 9.36. The molecule has 2 fully saturated rings. The number of aromatic nitrogens is 4. The number of anilines is 1. The predicted molar refractivity (Wildman–Crippen MR) is 176 cm³/mol. The van der Waals surface area contributed by atoms with Gasteiger partial charge in [0.15, 0.2) is 20.5 Å². The van der Waals surface area contributed by atoms with Gasteiger partial charge in [0.05, 0.1) is 24.3 Å². The molecule has 1 atom stereocenters. The van der Waals surface area contributed by atoms with Crippen LogP contribution in [0.5, 0.6) is 0 Å². The van der Waals surface area contributed by atoms with Crippen molar-refractivity contribution in [3.8, 4) is 16.9 Å². The lowest BCUT2D eigenvalue weighted by Crippen LogP contribution is -2.54. The van der Waals surface area contributed by atoms with Gasteiger partial charge in [0.1, 0.15) is 23.1 Å². The maximum Gasteiger partial charge on any atom is 0.355 e. The van der Waals surface area contributed by atoms with Crippen molar-refractivity contribution in [2.75, 3.05) is 63.6 Å². The van der Waals surface area contributed by atoms with E-state index in [-0.39, 0.29) is 57.3 Å². The third-order valence-corrected chi connectivity index (χ3v) is 9.54. The third-order valence-electron chi connectivity index (χ3n) is 8.54. The predicted octanol–water partition coefficient (Wildman–Crippen LogP) is 2.76. The fourth-order valence-electron chi connectivity index (χ4n) is 6.10. The molecule has 15 heteroatoms. The Labute approximate surface area is 276 Å². The molecule has 0 radical (unpaired) electrons. The van der Waals surface area contributed by atoms with Gasteiger partial charge < -0.3 is 14.5 Å². The second-order valence-corrected chi connectivity index (χ2v) is 13.9. The minimum atomic E-state index is -3.96. The first-order chi connectivity index (χ1) is 22.9. The number of hydrogen-bond acceptors (Lipinski definition) is 10. The summed E-state index contributed by atoms with van der Waals surface area (Å²) in [5, 5.41) is -0.284. The molecule has 1 aromatic carbocycles. The number of carbonyl (C=O) groups excluding carboxylic acids is 1. The Morgan fingerprint density at radius 2 is 1.81 bits per heavy atom. The molecule has 6 rings (SSSR count). The quantitative estimate of drug-likeness (QED) is 0.269. The van der Waals surface area contributed by atoms with Crippen molar-refractivity contribution in [2.45, 2.75) is 24.9 Å². The van der Waals surface area contributed by atoms with Crippen LogP contribution >= 0.6 is 0 Å². The Morgan fingerprint density at radius 3 is 2.52 bits per heavy atom. The van der Waals surface area contributed by atoms with Gasteiger partial charge in [0.2, 0.25) is 5.91 Å². The Hall–Kier alpha value is -4.60. The molecule has 1 amide bonds. The van der Waals surface area contributed by atoms with Crippen LogP contribution in [-0.2, 0) is 19.4 Å². The summed E-state index contributed by atoms with van der Waals surface area (Å²) in [6.45, 7) is 7.93. The van der Waals surface area contributed by atoms with Crippen LogP contribution in [0.3, 0.4) is 0 Å². The van der Waals surface area contributed by atoms with E-state index in [1.54, 1.807) is 22.8 Å². The summed E-state index contributed by atoms with van der Waals surface area (Å²) in [7, 11) is -3.96. The molecular weight excluding hydrogens is 644 g/mol. The molecule has 4 aromatic rings. The molecule has 0 bridgehead atoms. The van der Waals surface area contributed by atoms with Gasteiger partial charge in [-0.3, -0.25) is 9.69 Å². The number of morpholine rings is 1. The molecule has 0 N–H and O–H groups in total. The van der Waals surface area contributed by atoms with Gasteiger partial charge in [-0.25, -0.2) is 36.5 Å². The van der Waals surface area contributed by atoms with Crippen molar-refractivity contribution < 1.29 is 26.7 Å². The lowest BCUT2D eigenvalue weighted by molar-refractivity contribution is -0.126. The third kappa shape index (κ3) is 6.57. The highest BCUT2D eigenvalue weighted by Crippen LogP contribution is 2.33. The number of benzene rings is 1. The normalized spacial score (nSPS) is 17.8. The number of fused-ring (bicyclic) bond motifs is 1. The zero-order valence-corrected chi connectivity index (χ0v) is 27.6. The highest BCUT2D eigenvalue weighted by molar-refractivity contribution is 7.90. The van der Waals surface area contributed by atoms with E-state index < -0.39 is 27.2 Å². The molecule has 5 heterocycles. The number of halogens is 2. The number of sulfone groups is 1. The lowest BCUT2D eigenvalue weighted by atomic mass is 10.1. The van der Waals surface area contributed by atoms with E-state index in [0.717, 1.165) is 30.0 Å². The molecule has 0 spiro atoms. The fourth-order valence-corrected chi connectivity index (χ4v) is 6.96. The molecule has 3 aromatic heterocycles. The first-order valence-electron chi connectivity index (χ1n) is 15.5. The van der Waals surface area contributed by atoms with E-state index in [1.807, 2.05) is 13.0 Å². The van der Waals surface area contributed by atoms with Crippen LogP contribution in [0, 0.1) is 18.6 Å². The topological polar surface area (TPSA) is 131 Å². The number of ether oxygens (including phenoxy) is 1. The number of hydrogen-bond donors (Lipinski definition) is 0. The zero-order valence-electron chi connectivity index (χ0n) is 26.8. The van der Waals surface area contributed by atoms with Crippen LogP contribution in [0.1, 0.15) is 12.5 Å². The highest BCUT2D eigenvalue weighted by Gasteiger charge is 2.31. The highest BCUT2D eigenvalue weighted by atomic mass is 32.2. The SMILES string of the molecule is Cc1ccnc(S(C)(=O)=O)c1-n1c(=O)nc(N2CCN(C(=O)/C=C/CN3CCOCC3)C[C@@H]2C)c2cc(F)c(-c3ccccc3F)nc21. The summed E-state index contributed by atoms with van der Waals surface area (Å²) in [6.07, 6.45) is 5.67. The summed E-state index contributed by atoms with van der Waals surface area (Å²) in [4.78, 5) is 45.6. The molecule has 2 aliphatic rings. The first-order valence-corrected chi connectivity index (χ1v) is 17.4. The average Bonchev–Trinajstić information content (AvgIpc) is 3.05. The van der Waals surface area contributed by atoms with Gasteiger partial charge in [-0.1, -0.05) is 18.2 Å². The van der Waals surface area contributed by atoms with Crippen molar-refractivity contribution in [1.82, 2.24) is 29.3 Å². The molecular formula is C33H35F2N7O5S. The average molecular weight is 680 g/mol. The molecule has 2 aliphatic heterocycles. The molecule has 2 saturated heterocycles. The number of rotatable bonds is 7. The maximum atomic E-state index is 15.9. The van der Waals surface area contributed by atoms with E-state index in [9.17, 15) is 22.4 Å². The zero-order chi connectivity index (χ0) is 34.2. The molecule has 0 unspecified atom stereocenters. The first kappa shape index (κ1) is 33.3. The van der Waals surface area contributed by atoms with E-state index in [1.165, 1.54) is 36.5 Å². The molecule has 0 saturated carbocycles. The number of nitrogens with zero attached hydrogens (tertiary/aromatic N) is 7. The van der Waals surface area contributed by atoms with Crippen molar-refractivity contribution in [1.29, 1.82) is 0 Å². The molecule has 48 heavy (non-hydrogen) atoms. The second kappa shape index (κ2) is 13.5. The van der Waals surface area contributed by atoms with Crippen molar-refractivity contribution >= 4 is 32.6 Å². The number of pyridine rings is 2. The van der Waals surface area contributed by atoms with Gasteiger partial charge in [0.25, 0.3) is 0 Å². The molecule has 0 aliphatic carbocycles. The standard InChI is InChI=1S/C33H35F2N7O5S/c1-21-10-11-36-32(48(3,45)46)29(21)42-31-24(19-26(35)28(37-31)23-7-4-5-8-25(23)34)30(38-33(42)44)41-14-13-40(20-22(41)2)27(43)9-6-12-39-15-17-47-18-16-39/h4-11,19,22H,12-18,20H2,1-3H3/b9-6+/t22-/m0/s1. The van der Waals surface area contributed by atoms with E-state index in [2.05, 4.69) is 19.9 Å². The van der Waals surface area contributed by atoms with Crippen LogP contribution in [0.4, 0.5) is 14.6 Å². The minimum Gasteiger partial charge on any atom is -0.379 e. The summed E-state index contributed by atoms with van der Waals surface area (Å²) in [6, 6.07) is 7.84. The van der Waals surface area contributed by atoms with Crippen LogP contribution in [0.2, 0.25) is 0 Å². The molecule has 252 valence electrons. The summed E-state index contributed by atoms with van der Waals surface area (Å²) in [5.41, 5.74) is -1.20. The van der Waals surface area contributed by atoms with Gasteiger partial charge in [0, 0.05) is 69.4 Å². The Morgan fingerprint density at radius 1 is 1.06 bits per heavy atom. The Bertz CT molecular complexity index is 2080. The van der Waals surface area contributed by atoms with Crippen LogP contribution < -0.4 is 10.6 Å².